The molecule has 0 aromatic heterocycles. The van der Waals surface area contributed by atoms with Crippen molar-refractivity contribution in [3.8, 4) is 5.75 Å². The molecule has 2 aromatic carbocycles. The Labute approximate surface area is 133 Å². The maximum absolute atomic E-state index is 12.1. The summed E-state index contributed by atoms with van der Waals surface area (Å²) in [5.41, 5.74) is 1.28. The van der Waals surface area contributed by atoms with Crippen LogP contribution in [-0.4, -0.2) is 24.6 Å². The van der Waals surface area contributed by atoms with Crippen LogP contribution in [0.2, 0.25) is 0 Å². The van der Waals surface area contributed by atoms with Gasteiger partial charge in [0, 0.05) is 12.5 Å². The Hall–Kier alpha value is -2.89. The van der Waals surface area contributed by atoms with E-state index in [0.717, 1.165) is 11.3 Å². The number of benzene rings is 2. The average molecular weight is 315 g/mol. The van der Waals surface area contributed by atoms with Crippen LogP contribution in [0.25, 0.3) is 0 Å². The lowest BCUT2D eigenvalue weighted by atomic mass is 10.1. The van der Waals surface area contributed by atoms with E-state index in [1.165, 1.54) is 6.07 Å². The molecule has 0 atom stereocenters. The highest BCUT2D eigenvalue weighted by Crippen LogP contribution is 2.22. The lowest BCUT2D eigenvalue weighted by Gasteiger charge is -2.08. The van der Waals surface area contributed by atoms with Crippen molar-refractivity contribution >= 4 is 11.7 Å². The second-order valence-corrected chi connectivity index (χ2v) is 4.96. The van der Waals surface area contributed by atoms with Gasteiger partial charge >= 0.3 is 5.97 Å². The second-order valence-electron chi connectivity index (χ2n) is 4.96. The number of carbonyl (C=O) groups is 1. The third kappa shape index (κ3) is 4.06. The maximum Gasteiger partial charge on any atom is 0.345 e. The number of carbonyl (C=O) groups excluding carboxylic acids is 1. The summed E-state index contributed by atoms with van der Waals surface area (Å²) in [5, 5.41) is 11.0. The third-order valence-electron chi connectivity index (χ3n) is 3.43. The minimum Gasteiger partial charge on any atom is -0.497 e. The topological polar surface area (TPSA) is 78.7 Å². The lowest BCUT2D eigenvalue weighted by molar-refractivity contribution is -0.385. The fraction of sp³-hybridized carbons (Fsp3) is 0.235. The van der Waals surface area contributed by atoms with Gasteiger partial charge in [-0.15, -0.1) is 0 Å². The monoisotopic (exact) mass is 315 g/mol. The van der Waals surface area contributed by atoms with E-state index in [-0.39, 0.29) is 17.9 Å². The van der Waals surface area contributed by atoms with Gasteiger partial charge in [0.25, 0.3) is 5.69 Å². The van der Waals surface area contributed by atoms with Gasteiger partial charge in [0.15, 0.2) is 0 Å². The Kier molecular flexibility index (Phi) is 5.30. The van der Waals surface area contributed by atoms with Crippen molar-refractivity contribution in [2.24, 2.45) is 0 Å². The van der Waals surface area contributed by atoms with E-state index < -0.39 is 10.9 Å². The molecule has 0 aliphatic heterocycles. The van der Waals surface area contributed by atoms with Gasteiger partial charge in [0.05, 0.1) is 18.6 Å². The predicted molar refractivity (Wildman–Crippen MR) is 84.8 cm³/mol. The van der Waals surface area contributed by atoms with Crippen molar-refractivity contribution in [3.05, 3.63) is 69.3 Å². The van der Waals surface area contributed by atoms with E-state index in [1.54, 1.807) is 26.2 Å². The molecule has 0 bridgehead atoms. The Morgan fingerprint density at radius 2 is 1.87 bits per heavy atom. The van der Waals surface area contributed by atoms with Crippen molar-refractivity contribution in [1.29, 1.82) is 0 Å². The molecule has 0 fully saturated rings. The summed E-state index contributed by atoms with van der Waals surface area (Å²) in [7, 11) is 1.59. The van der Waals surface area contributed by atoms with Crippen LogP contribution in [0.5, 0.6) is 5.75 Å². The van der Waals surface area contributed by atoms with Crippen molar-refractivity contribution in [1.82, 2.24) is 0 Å². The molecule has 2 rings (SSSR count). The van der Waals surface area contributed by atoms with E-state index in [1.807, 2.05) is 24.3 Å². The van der Waals surface area contributed by atoms with Crippen LogP contribution in [-0.2, 0) is 11.2 Å². The van der Waals surface area contributed by atoms with Gasteiger partial charge in [-0.05, 0) is 30.2 Å². The summed E-state index contributed by atoms with van der Waals surface area (Å²) in [6, 6.07) is 11.9. The van der Waals surface area contributed by atoms with Gasteiger partial charge in [-0.2, -0.15) is 0 Å². The first-order valence-corrected chi connectivity index (χ1v) is 7.07. The molecule has 0 unspecified atom stereocenters. The molecule has 0 aliphatic carbocycles. The molecule has 0 aliphatic rings. The number of nitro groups is 1. The quantitative estimate of drug-likeness (QED) is 0.464. The van der Waals surface area contributed by atoms with Crippen LogP contribution in [0.15, 0.2) is 42.5 Å². The van der Waals surface area contributed by atoms with E-state index in [9.17, 15) is 14.9 Å². The SMILES string of the molecule is COc1ccc(CCOC(=O)c2c(C)cccc2[N+](=O)[O-])cc1. The number of nitro benzene ring substituents is 1. The Morgan fingerprint density at radius 1 is 1.17 bits per heavy atom. The smallest absolute Gasteiger partial charge is 0.345 e. The van der Waals surface area contributed by atoms with E-state index >= 15 is 0 Å². The highest BCUT2D eigenvalue weighted by molar-refractivity contribution is 5.95. The molecule has 0 heterocycles. The largest absolute Gasteiger partial charge is 0.497 e. The van der Waals surface area contributed by atoms with Gasteiger partial charge in [0.1, 0.15) is 11.3 Å². The standard InChI is InChI=1S/C17H17NO5/c1-12-4-3-5-15(18(20)21)16(12)17(19)23-11-10-13-6-8-14(22-2)9-7-13/h3-9H,10-11H2,1-2H3. The normalized spacial score (nSPS) is 10.2. The van der Waals surface area contributed by atoms with Crippen molar-refractivity contribution < 1.29 is 19.2 Å². The van der Waals surface area contributed by atoms with E-state index in [4.69, 9.17) is 9.47 Å². The number of ether oxygens (including phenoxy) is 2. The van der Waals surface area contributed by atoms with Crippen molar-refractivity contribution in [2.45, 2.75) is 13.3 Å². The lowest BCUT2D eigenvalue weighted by Crippen LogP contribution is -2.12. The third-order valence-corrected chi connectivity index (χ3v) is 3.43. The Bertz CT molecular complexity index is 709. The zero-order valence-electron chi connectivity index (χ0n) is 12.9. The number of aryl methyl sites for hydroxylation is 1. The van der Waals surface area contributed by atoms with Gasteiger partial charge in [-0.25, -0.2) is 4.79 Å². The number of esters is 1. The summed E-state index contributed by atoms with van der Waals surface area (Å²) < 4.78 is 10.3. The van der Waals surface area contributed by atoms with Crippen LogP contribution in [0.3, 0.4) is 0 Å². The fourth-order valence-corrected chi connectivity index (χ4v) is 2.20. The highest BCUT2D eigenvalue weighted by atomic mass is 16.6. The molecule has 0 saturated heterocycles. The predicted octanol–water partition coefficient (Wildman–Crippen LogP) is 3.31. The van der Waals surface area contributed by atoms with Gasteiger partial charge in [0.2, 0.25) is 0 Å². The molecule has 0 radical (unpaired) electrons. The fourth-order valence-electron chi connectivity index (χ4n) is 2.20. The number of hydrogen-bond donors (Lipinski definition) is 0. The first kappa shape index (κ1) is 16.5. The van der Waals surface area contributed by atoms with Crippen molar-refractivity contribution in [2.75, 3.05) is 13.7 Å². The van der Waals surface area contributed by atoms with E-state index in [0.29, 0.717) is 12.0 Å². The molecule has 0 spiro atoms. The maximum atomic E-state index is 12.1. The zero-order chi connectivity index (χ0) is 16.8. The molecule has 6 heteroatoms. The Morgan fingerprint density at radius 3 is 2.48 bits per heavy atom. The van der Waals surface area contributed by atoms with Crippen LogP contribution in [0.1, 0.15) is 21.5 Å². The molecular formula is C17H17NO5. The molecule has 0 N–H and O–H groups in total. The average Bonchev–Trinajstić information content (AvgIpc) is 2.55. The van der Waals surface area contributed by atoms with Crippen LogP contribution < -0.4 is 4.74 Å². The first-order chi connectivity index (χ1) is 11.0. The minimum absolute atomic E-state index is 0.00670. The number of rotatable bonds is 6. The van der Waals surface area contributed by atoms with Gasteiger partial charge in [-0.3, -0.25) is 10.1 Å². The number of hydrogen-bond acceptors (Lipinski definition) is 5. The summed E-state index contributed by atoms with van der Waals surface area (Å²) in [4.78, 5) is 22.6. The second kappa shape index (κ2) is 7.40. The van der Waals surface area contributed by atoms with Crippen LogP contribution in [0.4, 0.5) is 5.69 Å². The van der Waals surface area contributed by atoms with Gasteiger partial charge < -0.3 is 9.47 Å². The van der Waals surface area contributed by atoms with Crippen molar-refractivity contribution in [3.63, 3.8) is 0 Å². The molecule has 2 aromatic rings. The molecule has 23 heavy (non-hydrogen) atoms. The minimum atomic E-state index is -0.677. The number of nitrogens with zero attached hydrogens (tertiary/aromatic N) is 1. The van der Waals surface area contributed by atoms with Gasteiger partial charge in [-0.1, -0.05) is 24.3 Å². The first-order valence-electron chi connectivity index (χ1n) is 7.07. The molecule has 120 valence electrons. The van der Waals surface area contributed by atoms with E-state index in [2.05, 4.69) is 0 Å². The highest BCUT2D eigenvalue weighted by Gasteiger charge is 2.23. The summed E-state index contributed by atoms with van der Waals surface area (Å²) in [6.45, 7) is 1.80. The summed E-state index contributed by atoms with van der Waals surface area (Å²) in [5.74, 6) is 0.0737. The summed E-state index contributed by atoms with van der Waals surface area (Å²) in [6.07, 6.45) is 0.523. The summed E-state index contributed by atoms with van der Waals surface area (Å²) >= 11 is 0. The molecular weight excluding hydrogens is 298 g/mol. The molecule has 0 amide bonds. The molecule has 0 saturated carbocycles. The number of methoxy groups -OCH3 is 1. The van der Waals surface area contributed by atoms with Crippen LogP contribution in [0, 0.1) is 17.0 Å². The van der Waals surface area contributed by atoms with Crippen LogP contribution >= 0.6 is 0 Å². The zero-order valence-corrected chi connectivity index (χ0v) is 12.9. The Balaban J connectivity index is 2.01. The molecule has 6 nitrogen and oxygen atoms in total.